The third kappa shape index (κ3) is 7.51. The summed E-state index contributed by atoms with van der Waals surface area (Å²) in [4.78, 5) is 11.3. The first-order valence-electron chi connectivity index (χ1n) is 25.6. The van der Waals surface area contributed by atoms with Crippen molar-refractivity contribution in [2.75, 3.05) is 0 Å². The number of benzene rings is 11. The summed E-state index contributed by atoms with van der Waals surface area (Å²) >= 11 is 0. The van der Waals surface area contributed by atoms with Crippen molar-refractivity contribution in [2.45, 2.75) is 0 Å². The van der Waals surface area contributed by atoms with E-state index in [1.54, 1.807) is 0 Å². The Hall–Kier alpha value is -9.68. The SMILES string of the molecule is c1ccc(-c2cccc([Si](c3cccc(-c4ccccc4)c3)(c3cccc(-c4ccccc4)c3)c3cccc(-c4cc(-n5c6ccccc6c6ccccc65)nc(-n5c6ccccc6c6ccccc65)n4)c3)c2)cc1. The van der Waals surface area contributed by atoms with Gasteiger partial charge in [-0.05, 0) is 78.4 Å². The lowest BCUT2D eigenvalue weighted by molar-refractivity contribution is 0.952. The van der Waals surface area contributed by atoms with Gasteiger partial charge in [0.1, 0.15) is 5.82 Å². The van der Waals surface area contributed by atoms with E-state index in [2.05, 4.69) is 300 Å². The highest BCUT2D eigenvalue weighted by molar-refractivity contribution is 7.20. The smallest absolute Gasteiger partial charge is 0.237 e. The quantitative estimate of drug-likeness (QED) is 0.101. The van der Waals surface area contributed by atoms with Crippen LogP contribution in [0.2, 0.25) is 0 Å². The molecule has 0 saturated heterocycles. The molecule has 3 aromatic heterocycles. The molecule has 0 fully saturated rings. The molecule has 0 aliphatic carbocycles. The molecular weight excluding hydrogens is 925 g/mol. The number of aromatic nitrogens is 4. The zero-order chi connectivity index (χ0) is 49.7. The fourth-order valence-electron chi connectivity index (χ4n) is 11.7. The molecule has 14 rings (SSSR count). The molecule has 0 bridgehead atoms. The molecule has 4 nitrogen and oxygen atoms in total. The van der Waals surface area contributed by atoms with Crippen LogP contribution < -0.4 is 20.7 Å². The van der Waals surface area contributed by atoms with E-state index in [-0.39, 0.29) is 0 Å². The van der Waals surface area contributed by atoms with Crippen molar-refractivity contribution in [1.29, 1.82) is 0 Å². The normalized spacial score (nSPS) is 11.7. The molecule has 0 aliphatic rings. The van der Waals surface area contributed by atoms with Crippen LogP contribution >= 0.6 is 0 Å². The Bertz CT molecular complexity index is 3990. The van der Waals surface area contributed by atoms with Crippen LogP contribution in [0.15, 0.2) is 291 Å². The summed E-state index contributed by atoms with van der Waals surface area (Å²) in [6.07, 6.45) is 0. The van der Waals surface area contributed by atoms with Crippen molar-refractivity contribution in [3.8, 4) is 56.4 Å². The number of hydrogen-bond acceptors (Lipinski definition) is 2. The van der Waals surface area contributed by atoms with Crippen LogP contribution in [-0.4, -0.2) is 27.2 Å². The molecule has 0 radical (unpaired) electrons. The van der Waals surface area contributed by atoms with E-state index in [4.69, 9.17) is 9.97 Å². The van der Waals surface area contributed by atoms with Crippen molar-refractivity contribution >= 4 is 72.4 Å². The van der Waals surface area contributed by atoms with Gasteiger partial charge < -0.3 is 0 Å². The van der Waals surface area contributed by atoms with Gasteiger partial charge in [-0.25, -0.2) is 4.98 Å². The fraction of sp³-hybridized carbons (Fsp3) is 0. The zero-order valence-electron chi connectivity index (χ0n) is 41.0. The largest absolute Gasteiger partial charge is 0.294 e. The summed E-state index contributed by atoms with van der Waals surface area (Å²) in [6.45, 7) is 0. The Morgan fingerprint density at radius 3 is 0.933 bits per heavy atom. The highest BCUT2D eigenvalue weighted by Gasteiger charge is 2.42. The number of para-hydroxylation sites is 4. The molecule has 0 unspecified atom stereocenters. The van der Waals surface area contributed by atoms with Crippen molar-refractivity contribution in [3.63, 3.8) is 0 Å². The predicted molar refractivity (Wildman–Crippen MR) is 316 cm³/mol. The molecule has 14 aromatic rings. The first kappa shape index (κ1) is 44.1. The minimum Gasteiger partial charge on any atom is -0.294 e. The van der Waals surface area contributed by atoms with E-state index in [1.807, 2.05) is 0 Å². The molecule has 0 saturated carbocycles. The van der Waals surface area contributed by atoms with E-state index in [1.165, 1.54) is 64.9 Å². The molecule has 0 amide bonds. The Morgan fingerprint density at radius 1 is 0.240 bits per heavy atom. The van der Waals surface area contributed by atoms with Gasteiger partial charge in [-0.3, -0.25) is 9.13 Å². The third-order valence-corrected chi connectivity index (χ3v) is 19.8. The Labute approximate surface area is 436 Å². The number of rotatable bonds is 10. The lowest BCUT2D eigenvalue weighted by Crippen LogP contribution is -2.74. The number of hydrogen-bond donors (Lipinski definition) is 0. The average molecular weight is 973 g/mol. The van der Waals surface area contributed by atoms with Crippen LogP contribution in [-0.2, 0) is 0 Å². The minimum absolute atomic E-state index is 0.609. The van der Waals surface area contributed by atoms with E-state index >= 15 is 0 Å². The first-order chi connectivity index (χ1) is 37.2. The molecule has 3 heterocycles. The first-order valence-corrected chi connectivity index (χ1v) is 27.6. The molecule has 0 N–H and O–H groups in total. The summed E-state index contributed by atoms with van der Waals surface area (Å²) in [5, 5.41) is 9.78. The van der Waals surface area contributed by atoms with Crippen LogP contribution in [0.25, 0.3) is 100 Å². The highest BCUT2D eigenvalue weighted by Crippen LogP contribution is 2.36. The summed E-state index contributed by atoms with van der Waals surface area (Å²) in [6, 6.07) is 106. The number of fused-ring (bicyclic) bond motifs is 6. The van der Waals surface area contributed by atoms with E-state index < -0.39 is 8.07 Å². The molecule has 5 heteroatoms. The Balaban J connectivity index is 1.08. The zero-order valence-corrected chi connectivity index (χ0v) is 42.0. The summed E-state index contributed by atoms with van der Waals surface area (Å²) in [5.41, 5.74) is 13.2. The standard InChI is InChI=1S/C70H48N4Si/c1-4-22-49(23-5-1)52-28-18-32-56(44-52)75(57-33-19-29-53(45-57)50-24-6-2-7-25-50,58-34-20-30-54(46-58)51-26-8-3-9-27-51)59-35-21-31-55(47-59)64-48-69(73-65-40-14-10-36-60(65)61-37-11-15-41-66(61)73)72-70(71-64)74-67-42-16-12-38-62(67)63-39-13-17-43-68(63)74/h1-48H. The van der Waals surface area contributed by atoms with E-state index in [9.17, 15) is 0 Å². The van der Waals surface area contributed by atoms with Gasteiger partial charge in [0.05, 0.1) is 27.8 Å². The van der Waals surface area contributed by atoms with Gasteiger partial charge in [-0.1, -0.05) is 261 Å². The topological polar surface area (TPSA) is 35.6 Å². The number of nitrogens with zero attached hydrogens (tertiary/aromatic N) is 4. The average Bonchev–Trinajstić information content (AvgIpc) is 4.02. The van der Waals surface area contributed by atoms with Crippen molar-refractivity contribution in [1.82, 2.24) is 19.1 Å². The highest BCUT2D eigenvalue weighted by atomic mass is 28.3. The molecule has 75 heavy (non-hydrogen) atoms. The van der Waals surface area contributed by atoms with Gasteiger partial charge >= 0.3 is 0 Å². The predicted octanol–water partition coefficient (Wildman–Crippen LogP) is 14.7. The van der Waals surface area contributed by atoms with Gasteiger partial charge in [0.25, 0.3) is 0 Å². The van der Waals surface area contributed by atoms with Gasteiger partial charge in [-0.2, -0.15) is 4.98 Å². The van der Waals surface area contributed by atoms with Crippen molar-refractivity contribution in [2.24, 2.45) is 0 Å². The lowest BCUT2D eigenvalue weighted by atomic mass is 10.1. The maximum atomic E-state index is 5.67. The second-order valence-corrected chi connectivity index (χ2v) is 23.1. The monoisotopic (exact) mass is 972 g/mol. The minimum atomic E-state index is -3.29. The second kappa shape index (κ2) is 18.4. The molecule has 11 aromatic carbocycles. The van der Waals surface area contributed by atoms with Gasteiger partial charge in [-0.15, -0.1) is 0 Å². The summed E-state index contributed by atoms with van der Waals surface area (Å²) < 4.78 is 4.56. The van der Waals surface area contributed by atoms with Crippen molar-refractivity contribution < 1.29 is 0 Å². The van der Waals surface area contributed by atoms with Crippen LogP contribution in [0.3, 0.4) is 0 Å². The molecule has 352 valence electrons. The maximum absolute atomic E-state index is 5.67. The van der Waals surface area contributed by atoms with Crippen LogP contribution in [0.1, 0.15) is 0 Å². The van der Waals surface area contributed by atoms with E-state index in [0.717, 1.165) is 49.9 Å². The second-order valence-electron chi connectivity index (χ2n) is 19.3. The third-order valence-electron chi connectivity index (χ3n) is 15.1. The van der Waals surface area contributed by atoms with E-state index in [0.29, 0.717) is 5.95 Å². The van der Waals surface area contributed by atoms with Crippen LogP contribution in [0, 0.1) is 0 Å². The summed E-state index contributed by atoms with van der Waals surface area (Å²) in [7, 11) is -3.29. The summed E-state index contributed by atoms with van der Waals surface area (Å²) in [5.74, 6) is 1.40. The Morgan fingerprint density at radius 2 is 0.547 bits per heavy atom. The molecule has 0 spiro atoms. The van der Waals surface area contributed by atoms with Crippen LogP contribution in [0.4, 0.5) is 0 Å². The van der Waals surface area contributed by atoms with Gasteiger partial charge in [0, 0.05) is 33.2 Å². The molecule has 0 aliphatic heterocycles. The lowest BCUT2D eigenvalue weighted by Gasteiger charge is -2.35. The van der Waals surface area contributed by atoms with Gasteiger partial charge in [0.15, 0.2) is 8.07 Å². The maximum Gasteiger partial charge on any atom is 0.237 e. The van der Waals surface area contributed by atoms with Gasteiger partial charge in [0.2, 0.25) is 5.95 Å². The van der Waals surface area contributed by atoms with Crippen LogP contribution in [0.5, 0.6) is 0 Å². The molecule has 0 atom stereocenters. The fourth-order valence-corrected chi connectivity index (χ4v) is 16.6. The Kier molecular flexibility index (Phi) is 10.8. The van der Waals surface area contributed by atoms with Crippen molar-refractivity contribution in [3.05, 3.63) is 291 Å². The molecular formula is C70H48N4Si.